The number of rotatable bonds is 2. The van der Waals surface area contributed by atoms with Gasteiger partial charge in [-0.1, -0.05) is 38.8 Å². The van der Waals surface area contributed by atoms with Gasteiger partial charge in [0, 0.05) is 10.5 Å². The van der Waals surface area contributed by atoms with Crippen LogP contribution in [0, 0.1) is 0 Å². The lowest BCUT2D eigenvalue weighted by Gasteiger charge is -2.14. The van der Waals surface area contributed by atoms with Crippen LogP contribution in [0.2, 0.25) is 0 Å². The molecule has 138 valence electrons. The van der Waals surface area contributed by atoms with Gasteiger partial charge in [0.2, 0.25) is 5.78 Å². The van der Waals surface area contributed by atoms with Crippen LogP contribution in [0.25, 0.3) is 27.7 Å². The predicted octanol–water partition coefficient (Wildman–Crippen LogP) is 5.80. The summed E-state index contributed by atoms with van der Waals surface area (Å²) in [5, 5.41) is 0.647. The summed E-state index contributed by atoms with van der Waals surface area (Å²) in [6.07, 6.45) is 4.78. The Kier molecular flexibility index (Phi) is 3.90. The summed E-state index contributed by atoms with van der Waals surface area (Å²) in [5.41, 5.74) is 4.38. The van der Waals surface area contributed by atoms with E-state index in [1.165, 1.54) is 23.9 Å². The first-order valence-corrected chi connectivity index (χ1v) is 10.5. The number of hydrogen-bond acceptors (Lipinski definition) is 2. The Morgan fingerprint density at radius 2 is 1.85 bits per heavy atom. The van der Waals surface area contributed by atoms with E-state index < -0.39 is 0 Å². The van der Waals surface area contributed by atoms with Gasteiger partial charge < -0.3 is 4.57 Å². The molecule has 0 N–H and O–H groups in total. The molecule has 4 nitrogen and oxygen atoms in total. The van der Waals surface area contributed by atoms with Crippen molar-refractivity contribution < 1.29 is 0 Å². The molecule has 0 aliphatic heterocycles. The molecule has 5 heteroatoms. The zero-order valence-corrected chi connectivity index (χ0v) is 17.2. The van der Waals surface area contributed by atoms with Gasteiger partial charge >= 0.3 is 0 Å². The zero-order valence-electron chi connectivity index (χ0n) is 15.6. The van der Waals surface area contributed by atoms with Crippen molar-refractivity contribution in [1.29, 1.82) is 0 Å². The molecule has 0 spiro atoms. The lowest BCUT2D eigenvalue weighted by molar-refractivity contribution is 0.543. The van der Waals surface area contributed by atoms with E-state index in [-0.39, 0.29) is 5.56 Å². The standard InChI is InChI=1S/C22H22BrN3O/c1-13(2)14-10-11-17-19(12-14)25(15-6-3-4-7-15)22-24-21(27)20-16(23)8-5-9-18(20)26(17)22/h5,8-13,15H,3-4,6-7H2,1-2H3. The lowest BCUT2D eigenvalue weighted by atomic mass is 10.0. The van der Waals surface area contributed by atoms with Crippen LogP contribution in [0.3, 0.4) is 0 Å². The summed E-state index contributed by atoms with van der Waals surface area (Å²) in [4.78, 5) is 17.4. The molecule has 1 aliphatic carbocycles. The highest BCUT2D eigenvalue weighted by atomic mass is 79.9. The maximum absolute atomic E-state index is 12.9. The molecule has 2 aromatic heterocycles. The predicted molar refractivity (Wildman–Crippen MR) is 114 cm³/mol. The second-order valence-electron chi connectivity index (χ2n) is 7.90. The van der Waals surface area contributed by atoms with Gasteiger partial charge in [0.05, 0.1) is 21.9 Å². The molecule has 0 radical (unpaired) electrons. The largest absolute Gasteiger partial charge is 0.306 e. The summed E-state index contributed by atoms with van der Waals surface area (Å²) >= 11 is 3.54. The van der Waals surface area contributed by atoms with Crippen LogP contribution in [-0.2, 0) is 0 Å². The van der Waals surface area contributed by atoms with E-state index in [0.717, 1.165) is 34.1 Å². The van der Waals surface area contributed by atoms with Crippen molar-refractivity contribution in [3.8, 4) is 0 Å². The minimum Gasteiger partial charge on any atom is -0.306 e. The van der Waals surface area contributed by atoms with Crippen molar-refractivity contribution in [1.82, 2.24) is 14.0 Å². The molecule has 2 aromatic carbocycles. The highest BCUT2D eigenvalue weighted by molar-refractivity contribution is 9.10. The van der Waals surface area contributed by atoms with Crippen LogP contribution in [0.15, 0.2) is 45.7 Å². The number of halogens is 1. The quantitative estimate of drug-likeness (QED) is 0.408. The van der Waals surface area contributed by atoms with Crippen molar-refractivity contribution in [2.45, 2.75) is 51.5 Å². The molecule has 1 aliphatic rings. The lowest BCUT2D eigenvalue weighted by Crippen LogP contribution is -2.14. The van der Waals surface area contributed by atoms with Gasteiger partial charge in [-0.3, -0.25) is 9.20 Å². The SMILES string of the molecule is CC(C)c1ccc2c(c1)n(C1CCCC1)c1nc(=O)c3c(Br)cccc3n21. The number of hydrogen-bond donors (Lipinski definition) is 0. The van der Waals surface area contributed by atoms with Gasteiger partial charge in [-0.15, -0.1) is 0 Å². The Bertz CT molecular complexity index is 1250. The highest BCUT2D eigenvalue weighted by Crippen LogP contribution is 2.36. The van der Waals surface area contributed by atoms with E-state index in [4.69, 9.17) is 0 Å². The third-order valence-electron chi connectivity index (χ3n) is 5.92. The first-order valence-electron chi connectivity index (χ1n) is 9.71. The summed E-state index contributed by atoms with van der Waals surface area (Å²) in [6.45, 7) is 4.44. The van der Waals surface area contributed by atoms with E-state index in [0.29, 0.717) is 17.3 Å². The Hall–Kier alpha value is -2.14. The summed E-state index contributed by atoms with van der Waals surface area (Å²) in [7, 11) is 0. The third kappa shape index (κ3) is 2.48. The molecule has 0 unspecified atom stereocenters. The molecule has 27 heavy (non-hydrogen) atoms. The second-order valence-corrected chi connectivity index (χ2v) is 8.75. The molecular weight excluding hydrogens is 402 g/mol. The van der Waals surface area contributed by atoms with Crippen molar-refractivity contribution >= 4 is 43.6 Å². The Morgan fingerprint density at radius 3 is 2.59 bits per heavy atom. The molecule has 0 bridgehead atoms. The van der Waals surface area contributed by atoms with Crippen molar-refractivity contribution in [3.63, 3.8) is 0 Å². The van der Waals surface area contributed by atoms with Gasteiger partial charge in [-0.2, -0.15) is 4.98 Å². The van der Waals surface area contributed by atoms with Crippen LogP contribution in [0.4, 0.5) is 0 Å². The number of nitrogens with zero attached hydrogens (tertiary/aromatic N) is 3. The van der Waals surface area contributed by atoms with Crippen molar-refractivity contribution in [3.05, 3.63) is 56.8 Å². The van der Waals surface area contributed by atoms with E-state index in [1.807, 2.05) is 18.2 Å². The Morgan fingerprint density at radius 1 is 1.07 bits per heavy atom. The van der Waals surface area contributed by atoms with Gasteiger partial charge in [0.1, 0.15) is 0 Å². The molecule has 5 rings (SSSR count). The summed E-state index contributed by atoms with van der Waals surface area (Å²) < 4.78 is 5.29. The van der Waals surface area contributed by atoms with Crippen LogP contribution in [0.5, 0.6) is 0 Å². The van der Waals surface area contributed by atoms with E-state index in [9.17, 15) is 4.79 Å². The first-order chi connectivity index (χ1) is 13.1. The normalized spacial score (nSPS) is 15.7. The van der Waals surface area contributed by atoms with Crippen molar-refractivity contribution in [2.75, 3.05) is 0 Å². The molecular formula is C22H22BrN3O. The molecule has 0 amide bonds. The fourth-order valence-electron chi connectivity index (χ4n) is 4.53. The number of aromatic nitrogens is 3. The number of imidazole rings is 1. The average molecular weight is 424 g/mol. The molecule has 0 atom stereocenters. The molecule has 4 aromatic rings. The summed E-state index contributed by atoms with van der Waals surface area (Å²) in [6, 6.07) is 13.0. The second kappa shape index (κ2) is 6.20. The van der Waals surface area contributed by atoms with Crippen LogP contribution in [0.1, 0.15) is 57.1 Å². The highest BCUT2D eigenvalue weighted by Gasteiger charge is 2.24. The molecule has 1 saturated carbocycles. The number of fused-ring (bicyclic) bond motifs is 5. The van der Waals surface area contributed by atoms with Crippen LogP contribution < -0.4 is 5.56 Å². The Labute approximate surface area is 166 Å². The fourth-order valence-corrected chi connectivity index (χ4v) is 5.05. The minimum atomic E-state index is -0.163. The van der Waals surface area contributed by atoms with Crippen LogP contribution in [-0.4, -0.2) is 14.0 Å². The zero-order chi connectivity index (χ0) is 18.7. The van der Waals surface area contributed by atoms with Gasteiger partial charge in [-0.25, -0.2) is 0 Å². The molecule has 1 fully saturated rings. The summed E-state index contributed by atoms with van der Waals surface area (Å²) in [5.74, 6) is 1.23. The fraction of sp³-hybridized carbons (Fsp3) is 0.364. The van der Waals surface area contributed by atoms with Crippen molar-refractivity contribution in [2.24, 2.45) is 0 Å². The van der Waals surface area contributed by atoms with E-state index in [1.54, 1.807) is 0 Å². The average Bonchev–Trinajstić information content (AvgIpc) is 3.26. The van der Waals surface area contributed by atoms with Gasteiger partial charge in [0.25, 0.3) is 5.56 Å². The first kappa shape index (κ1) is 17.0. The topological polar surface area (TPSA) is 39.3 Å². The number of benzene rings is 2. The van der Waals surface area contributed by atoms with Crippen LogP contribution >= 0.6 is 15.9 Å². The third-order valence-corrected chi connectivity index (χ3v) is 6.58. The molecule has 0 saturated heterocycles. The van der Waals surface area contributed by atoms with E-state index >= 15 is 0 Å². The maximum Gasteiger partial charge on any atom is 0.283 e. The van der Waals surface area contributed by atoms with Gasteiger partial charge in [-0.05, 0) is 64.5 Å². The monoisotopic (exact) mass is 423 g/mol. The Balaban J connectivity index is 2.01. The molecule has 2 heterocycles. The van der Waals surface area contributed by atoms with Gasteiger partial charge in [0.15, 0.2) is 0 Å². The van der Waals surface area contributed by atoms with E-state index in [2.05, 4.69) is 61.9 Å². The maximum atomic E-state index is 12.9. The minimum absolute atomic E-state index is 0.163. The smallest absolute Gasteiger partial charge is 0.283 e.